The largest absolute Gasteiger partial charge is 0.333 e. The van der Waals surface area contributed by atoms with E-state index in [0.29, 0.717) is 5.56 Å². The summed E-state index contributed by atoms with van der Waals surface area (Å²) in [6.45, 7) is 6.44. The van der Waals surface area contributed by atoms with Crippen LogP contribution in [0.15, 0.2) is 36.9 Å². The highest BCUT2D eigenvalue weighted by molar-refractivity contribution is 6.01. The molecule has 2 aliphatic rings. The number of rotatable bonds is 3. The van der Waals surface area contributed by atoms with Crippen molar-refractivity contribution in [2.24, 2.45) is 0 Å². The molecule has 5 nitrogen and oxygen atoms in total. The number of likely N-dealkylation sites (N-methyl/N-ethyl adjacent to an activating group) is 1. The van der Waals surface area contributed by atoms with E-state index in [1.165, 1.54) is 11.0 Å². The molecular formula is C19H25N3O2. The van der Waals surface area contributed by atoms with E-state index in [1.807, 2.05) is 29.2 Å². The predicted molar refractivity (Wildman–Crippen MR) is 95.2 cm³/mol. The van der Waals surface area contributed by atoms with Crippen LogP contribution in [-0.2, 0) is 4.79 Å². The standard InChI is InChI=1S/C19H25N3O2/c1-4-17(23)21(3)16-7-5-15(6-8-16)18(24)22-14-11-19(22)9-12-20(2)13-10-19/h4-8H,1,9-14H2,2-3H3. The van der Waals surface area contributed by atoms with E-state index in [1.54, 1.807) is 7.05 Å². The van der Waals surface area contributed by atoms with Gasteiger partial charge in [-0.05, 0) is 56.7 Å². The first-order valence-electron chi connectivity index (χ1n) is 8.47. The van der Waals surface area contributed by atoms with Gasteiger partial charge in [0.15, 0.2) is 0 Å². The molecule has 0 aliphatic carbocycles. The monoisotopic (exact) mass is 327 g/mol. The fourth-order valence-corrected chi connectivity index (χ4v) is 3.66. The third-order valence-corrected chi connectivity index (χ3v) is 5.54. The van der Waals surface area contributed by atoms with Crippen molar-refractivity contribution >= 4 is 17.5 Å². The van der Waals surface area contributed by atoms with Gasteiger partial charge in [0, 0.05) is 43.5 Å². The number of likely N-dealkylation sites (tertiary alicyclic amines) is 2. The van der Waals surface area contributed by atoms with Crippen LogP contribution in [0.1, 0.15) is 29.6 Å². The maximum atomic E-state index is 12.9. The Morgan fingerprint density at radius 2 is 1.71 bits per heavy atom. The third kappa shape index (κ3) is 2.84. The van der Waals surface area contributed by atoms with Crippen LogP contribution in [-0.4, -0.2) is 60.9 Å². The van der Waals surface area contributed by atoms with E-state index in [4.69, 9.17) is 0 Å². The molecule has 3 rings (SSSR count). The summed E-state index contributed by atoms with van der Waals surface area (Å²) in [5, 5.41) is 0. The molecular weight excluding hydrogens is 302 g/mol. The minimum Gasteiger partial charge on any atom is -0.333 e. The summed E-state index contributed by atoms with van der Waals surface area (Å²) in [5.41, 5.74) is 1.52. The predicted octanol–water partition coefficient (Wildman–Crippen LogP) is 2.15. The van der Waals surface area contributed by atoms with Crippen molar-refractivity contribution in [2.75, 3.05) is 38.6 Å². The molecule has 0 atom stereocenters. The van der Waals surface area contributed by atoms with Crippen molar-refractivity contribution in [3.8, 4) is 0 Å². The van der Waals surface area contributed by atoms with Crippen molar-refractivity contribution in [2.45, 2.75) is 24.8 Å². The highest BCUT2D eigenvalue weighted by atomic mass is 16.2. The smallest absolute Gasteiger partial charge is 0.254 e. The van der Waals surface area contributed by atoms with E-state index in [9.17, 15) is 9.59 Å². The maximum absolute atomic E-state index is 12.9. The Hall–Kier alpha value is -2.14. The Balaban J connectivity index is 1.72. The van der Waals surface area contributed by atoms with Gasteiger partial charge in [0.05, 0.1) is 0 Å². The van der Waals surface area contributed by atoms with Crippen LogP contribution in [0.3, 0.4) is 0 Å². The third-order valence-electron chi connectivity index (χ3n) is 5.54. The first-order valence-corrected chi connectivity index (χ1v) is 8.47. The van der Waals surface area contributed by atoms with Crippen molar-refractivity contribution in [3.05, 3.63) is 42.5 Å². The normalized spacial score (nSPS) is 19.7. The van der Waals surface area contributed by atoms with Gasteiger partial charge < -0.3 is 14.7 Å². The molecule has 0 bridgehead atoms. The second-order valence-corrected chi connectivity index (χ2v) is 6.88. The second-order valence-electron chi connectivity index (χ2n) is 6.88. The Labute approximate surface area is 143 Å². The van der Waals surface area contributed by atoms with Gasteiger partial charge in [0.1, 0.15) is 0 Å². The van der Waals surface area contributed by atoms with E-state index < -0.39 is 0 Å². The van der Waals surface area contributed by atoms with E-state index >= 15 is 0 Å². The highest BCUT2D eigenvalue weighted by Gasteiger charge is 2.48. The summed E-state index contributed by atoms with van der Waals surface area (Å²) in [6, 6.07) is 7.25. The van der Waals surface area contributed by atoms with Crippen LogP contribution in [0, 0.1) is 0 Å². The highest BCUT2D eigenvalue weighted by Crippen LogP contribution is 2.40. The van der Waals surface area contributed by atoms with Crippen molar-refractivity contribution in [1.82, 2.24) is 9.80 Å². The molecule has 1 spiro atoms. The number of hydrogen-bond acceptors (Lipinski definition) is 3. The van der Waals surface area contributed by atoms with Gasteiger partial charge in [-0.15, -0.1) is 0 Å². The fourth-order valence-electron chi connectivity index (χ4n) is 3.66. The number of piperidine rings is 1. The molecule has 24 heavy (non-hydrogen) atoms. The quantitative estimate of drug-likeness (QED) is 0.799. The molecule has 0 radical (unpaired) electrons. The first-order chi connectivity index (χ1) is 11.5. The van der Waals surface area contributed by atoms with Crippen LogP contribution in [0.2, 0.25) is 0 Å². The fraction of sp³-hybridized carbons (Fsp3) is 0.474. The van der Waals surface area contributed by atoms with Gasteiger partial charge in [0.2, 0.25) is 5.91 Å². The molecule has 2 amide bonds. The lowest BCUT2D eigenvalue weighted by Gasteiger charge is -2.56. The Kier molecular flexibility index (Phi) is 4.45. The molecule has 0 saturated carbocycles. The number of benzene rings is 1. The van der Waals surface area contributed by atoms with Crippen LogP contribution >= 0.6 is 0 Å². The minimum atomic E-state index is -0.165. The molecule has 0 N–H and O–H groups in total. The zero-order valence-corrected chi connectivity index (χ0v) is 14.5. The zero-order chi connectivity index (χ0) is 17.3. The zero-order valence-electron chi connectivity index (χ0n) is 14.5. The van der Waals surface area contributed by atoms with E-state index in [2.05, 4.69) is 18.5 Å². The molecule has 1 aromatic carbocycles. The van der Waals surface area contributed by atoms with Gasteiger partial charge >= 0.3 is 0 Å². The summed E-state index contributed by atoms with van der Waals surface area (Å²) < 4.78 is 0. The van der Waals surface area contributed by atoms with Gasteiger partial charge in [-0.3, -0.25) is 9.59 Å². The average molecular weight is 327 g/mol. The molecule has 2 fully saturated rings. The molecule has 128 valence electrons. The number of nitrogens with zero attached hydrogens (tertiary/aromatic N) is 3. The molecule has 2 aliphatic heterocycles. The summed E-state index contributed by atoms with van der Waals surface area (Å²) in [6.07, 6.45) is 4.51. The van der Waals surface area contributed by atoms with E-state index in [0.717, 1.165) is 44.6 Å². The Morgan fingerprint density at radius 1 is 1.12 bits per heavy atom. The number of carbonyl (C=O) groups is 2. The summed E-state index contributed by atoms with van der Waals surface area (Å²) in [5.74, 6) is -0.0582. The van der Waals surface area contributed by atoms with E-state index in [-0.39, 0.29) is 17.4 Å². The van der Waals surface area contributed by atoms with Crippen LogP contribution in [0.4, 0.5) is 5.69 Å². The molecule has 1 aromatic rings. The number of anilines is 1. The van der Waals surface area contributed by atoms with Crippen LogP contribution in [0.25, 0.3) is 0 Å². The summed E-state index contributed by atoms with van der Waals surface area (Å²) in [7, 11) is 3.83. The number of hydrogen-bond donors (Lipinski definition) is 0. The lowest BCUT2D eigenvalue weighted by molar-refractivity contribution is -0.113. The van der Waals surface area contributed by atoms with Gasteiger partial charge in [-0.1, -0.05) is 6.58 Å². The lowest BCUT2D eigenvalue weighted by Crippen LogP contribution is -2.65. The summed E-state index contributed by atoms with van der Waals surface area (Å²) >= 11 is 0. The number of carbonyl (C=O) groups excluding carboxylic acids is 2. The lowest BCUT2D eigenvalue weighted by atomic mass is 9.76. The van der Waals surface area contributed by atoms with Gasteiger partial charge in [-0.2, -0.15) is 0 Å². The summed E-state index contributed by atoms with van der Waals surface area (Å²) in [4.78, 5) is 30.4. The molecule has 0 unspecified atom stereocenters. The number of amides is 2. The van der Waals surface area contributed by atoms with Gasteiger partial charge in [0.25, 0.3) is 5.91 Å². The second kappa shape index (κ2) is 6.40. The molecule has 2 heterocycles. The molecule has 0 aromatic heterocycles. The molecule has 2 saturated heterocycles. The topological polar surface area (TPSA) is 43.9 Å². The van der Waals surface area contributed by atoms with Crippen LogP contribution < -0.4 is 4.90 Å². The van der Waals surface area contributed by atoms with Crippen molar-refractivity contribution in [1.29, 1.82) is 0 Å². The van der Waals surface area contributed by atoms with Crippen molar-refractivity contribution < 1.29 is 9.59 Å². The van der Waals surface area contributed by atoms with Crippen LogP contribution in [0.5, 0.6) is 0 Å². The Morgan fingerprint density at radius 3 is 2.21 bits per heavy atom. The van der Waals surface area contributed by atoms with Crippen molar-refractivity contribution in [3.63, 3.8) is 0 Å². The molecule has 5 heteroatoms. The minimum absolute atomic E-state index is 0.0673. The Bertz CT molecular complexity index is 645. The first kappa shape index (κ1) is 16.7. The van der Waals surface area contributed by atoms with Gasteiger partial charge in [-0.25, -0.2) is 0 Å². The maximum Gasteiger partial charge on any atom is 0.254 e. The SMILES string of the molecule is C=CC(=O)N(C)c1ccc(C(=O)N2CCC23CCN(C)CC3)cc1. The average Bonchev–Trinajstić information content (AvgIpc) is 2.60.